The van der Waals surface area contributed by atoms with Crippen LogP contribution in [0, 0.1) is 0 Å². The monoisotopic (exact) mass is 245 g/mol. The van der Waals surface area contributed by atoms with Crippen molar-refractivity contribution in [2.75, 3.05) is 19.8 Å². The molecule has 1 atom stereocenters. The molecule has 9 heteroatoms. The van der Waals surface area contributed by atoms with Crippen LogP contribution in [0.4, 0.5) is 0 Å². The van der Waals surface area contributed by atoms with E-state index in [1.165, 1.54) is 0 Å². The zero-order valence-corrected chi connectivity index (χ0v) is 8.92. The third-order valence-corrected chi connectivity index (χ3v) is 3.21. The third kappa shape index (κ3) is 3.08. The van der Waals surface area contributed by atoms with Gasteiger partial charge >= 0.3 is 0 Å². The minimum absolute atomic E-state index is 0.0162. The number of rotatable bonds is 6. The molecule has 0 aromatic rings. The van der Waals surface area contributed by atoms with Gasteiger partial charge in [-0.2, -0.15) is 13.5 Å². The van der Waals surface area contributed by atoms with Crippen LogP contribution in [0.15, 0.2) is 0 Å². The molecule has 0 aliphatic heterocycles. The van der Waals surface area contributed by atoms with E-state index in [1.54, 1.807) is 0 Å². The topological polar surface area (TPSA) is 139 Å². The Morgan fingerprint density at radius 3 is 1.73 bits per heavy atom. The molecule has 92 valence electrons. The smallest absolute Gasteiger partial charge is 0.283 e. The van der Waals surface area contributed by atoms with Crippen molar-refractivity contribution in [1.29, 1.82) is 0 Å². The quantitative estimate of drug-likeness (QED) is 0.258. The predicted molar refractivity (Wildman–Crippen MR) is 48.6 cm³/mol. The number of aliphatic hydroxyl groups excluding tert-OH is 3. The van der Waals surface area contributed by atoms with E-state index in [2.05, 4.69) is 0 Å². The molecule has 0 spiro atoms. The minimum atomic E-state index is -4.57. The molecule has 0 heterocycles. The van der Waals surface area contributed by atoms with Gasteiger partial charge in [0, 0.05) is 0 Å². The summed E-state index contributed by atoms with van der Waals surface area (Å²) in [6.45, 7) is -1.70. The van der Waals surface area contributed by atoms with E-state index in [0.29, 0.717) is 0 Å². The van der Waals surface area contributed by atoms with E-state index in [1.807, 2.05) is 0 Å². The minimum Gasteiger partial charge on any atom is -0.394 e. The molecule has 0 aromatic heterocycles. The van der Waals surface area contributed by atoms with Gasteiger partial charge in [-0.25, -0.2) is 0 Å². The van der Waals surface area contributed by atoms with Crippen molar-refractivity contribution in [1.82, 2.24) is 5.06 Å². The van der Waals surface area contributed by atoms with Crippen LogP contribution in [0.25, 0.3) is 0 Å². The van der Waals surface area contributed by atoms with Crippen LogP contribution in [0.2, 0.25) is 0 Å². The van der Waals surface area contributed by atoms with Gasteiger partial charge in [0.1, 0.15) is 5.54 Å². The van der Waals surface area contributed by atoms with Crippen molar-refractivity contribution >= 4 is 10.1 Å². The Balaban J connectivity index is 5.03. The fourth-order valence-electron chi connectivity index (χ4n) is 0.879. The Kier molecular flexibility index (Phi) is 5.06. The van der Waals surface area contributed by atoms with E-state index < -0.39 is 40.9 Å². The maximum absolute atomic E-state index is 10.7. The van der Waals surface area contributed by atoms with Crippen molar-refractivity contribution < 1.29 is 33.5 Å². The summed E-state index contributed by atoms with van der Waals surface area (Å²) in [4.78, 5) is 0. The summed E-state index contributed by atoms with van der Waals surface area (Å²) in [6, 6.07) is 0. The van der Waals surface area contributed by atoms with Crippen LogP contribution < -0.4 is 0 Å². The van der Waals surface area contributed by atoms with Crippen LogP contribution in [0.5, 0.6) is 0 Å². The van der Waals surface area contributed by atoms with E-state index in [-0.39, 0.29) is 5.06 Å². The molecule has 0 bridgehead atoms. The van der Waals surface area contributed by atoms with Gasteiger partial charge in [0.2, 0.25) is 0 Å². The van der Waals surface area contributed by atoms with Gasteiger partial charge in [-0.15, -0.1) is 0 Å². The Bertz CT molecular complexity index is 278. The molecule has 15 heavy (non-hydrogen) atoms. The highest BCUT2D eigenvalue weighted by Gasteiger charge is 2.41. The molecular formula is C6H15NO7S. The van der Waals surface area contributed by atoms with Crippen LogP contribution in [0.1, 0.15) is 6.92 Å². The first-order valence-corrected chi connectivity index (χ1v) is 5.52. The van der Waals surface area contributed by atoms with E-state index in [4.69, 9.17) is 19.9 Å². The second-order valence-corrected chi connectivity index (χ2v) is 4.87. The molecule has 0 aliphatic carbocycles. The number of hydrogen-bond donors (Lipinski definition) is 5. The summed E-state index contributed by atoms with van der Waals surface area (Å²) in [6.07, 6.45) is 0. The van der Waals surface area contributed by atoms with Crippen LogP contribution >= 0.6 is 0 Å². The van der Waals surface area contributed by atoms with Gasteiger partial charge in [0.25, 0.3) is 10.1 Å². The number of aliphatic hydroxyl groups is 3. The Morgan fingerprint density at radius 1 is 1.20 bits per heavy atom. The Labute approximate surface area is 87.1 Å². The standard InChI is InChI=1S/C6H15NO7S/c1-5(15(12,13)14)7(11)6(2-8,3-9)4-10/h5,8-11H,2-4H2,1H3,(H,12,13,14). The second-order valence-electron chi connectivity index (χ2n) is 3.16. The number of nitrogens with zero attached hydrogens (tertiary/aromatic N) is 1. The lowest BCUT2D eigenvalue weighted by Crippen LogP contribution is -2.60. The molecule has 0 rings (SSSR count). The average Bonchev–Trinajstić information content (AvgIpc) is 2.18. The summed E-state index contributed by atoms with van der Waals surface area (Å²) in [7, 11) is -4.57. The highest BCUT2D eigenvalue weighted by atomic mass is 32.2. The Hall–Kier alpha value is -0.290. The summed E-state index contributed by atoms with van der Waals surface area (Å²) in [5.41, 5.74) is -1.92. The zero-order chi connectivity index (χ0) is 12.3. The first-order chi connectivity index (χ1) is 6.75. The van der Waals surface area contributed by atoms with Gasteiger partial charge in [-0.1, -0.05) is 0 Å². The maximum Gasteiger partial charge on any atom is 0.283 e. The summed E-state index contributed by atoms with van der Waals surface area (Å²) >= 11 is 0. The lowest BCUT2D eigenvalue weighted by molar-refractivity contribution is -0.218. The van der Waals surface area contributed by atoms with E-state index in [9.17, 15) is 13.6 Å². The lowest BCUT2D eigenvalue weighted by atomic mass is 10.0. The largest absolute Gasteiger partial charge is 0.394 e. The Morgan fingerprint density at radius 2 is 1.53 bits per heavy atom. The first-order valence-electron chi connectivity index (χ1n) is 4.02. The molecule has 0 aliphatic rings. The summed E-state index contributed by atoms with van der Waals surface area (Å²) in [5, 5.41) is 34.2. The SMILES string of the molecule is CC(N(O)C(CO)(CO)CO)S(=O)(=O)O. The van der Waals surface area contributed by atoms with Crippen LogP contribution in [0.3, 0.4) is 0 Å². The van der Waals surface area contributed by atoms with Crippen molar-refractivity contribution in [3.05, 3.63) is 0 Å². The fourth-order valence-corrected chi connectivity index (χ4v) is 1.36. The second kappa shape index (κ2) is 5.16. The average molecular weight is 245 g/mol. The van der Waals surface area contributed by atoms with Crippen molar-refractivity contribution in [3.8, 4) is 0 Å². The summed E-state index contributed by atoms with van der Waals surface area (Å²) in [5.74, 6) is 0. The van der Waals surface area contributed by atoms with Crippen molar-refractivity contribution in [2.45, 2.75) is 17.8 Å². The van der Waals surface area contributed by atoms with Gasteiger partial charge in [0.15, 0.2) is 5.37 Å². The normalized spacial score (nSPS) is 15.7. The molecular weight excluding hydrogens is 230 g/mol. The van der Waals surface area contributed by atoms with Crippen LogP contribution in [-0.2, 0) is 10.1 Å². The number of hydrogen-bond acceptors (Lipinski definition) is 7. The van der Waals surface area contributed by atoms with Gasteiger partial charge < -0.3 is 20.5 Å². The molecule has 0 saturated carbocycles. The van der Waals surface area contributed by atoms with E-state index in [0.717, 1.165) is 6.92 Å². The molecule has 0 saturated heterocycles. The predicted octanol–water partition coefficient (Wildman–Crippen LogP) is -2.37. The van der Waals surface area contributed by atoms with E-state index >= 15 is 0 Å². The van der Waals surface area contributed by atoms with Gasteiger partial charge in [-0.05, 0) is 6.92 Å². The van der Waals surface area contributed by atoms with Crippen molar-refractivity contribution in [3.63, 3.8) is 0 Å². The number of hydroxylamine groups is 2. The molecule has 0 aromatic carbocycles. The van der Waals surface area contributed by atoms with Gasteiger partial charge in [0.05, 0.1) is 19.8 Å². The zero-order valence-electron chi connectivity index (χ0n) is 8.11. The third-order valence-electron chi connectivity index (χ3n) is 2.14. The summed E-state index contributed by atoms with van der Waals surface area (Å²) < 4.78 is 30.0. The molecule has 0 amide bonds. The molecule has 1 unspecified atom stereocenters. The first kappa shape index (κ1) is 14.7. The maximum atomic E-state index is 10.7. The molecule has 8 nitrogen and oxygen atoms in total. The lowest BCUT2D eigenvalue weighted by Gasteiger charge is -2.37. The molecule has 5 N–H and O–H groups in total. The highest BCUT2D eigenvalue weighted by molar-refractivity contribution is 7.86. The van der Waals surface area contributed by atoms with Crippen molar-refractivity contribution in [2.24, 2.45) is 0 Å². The fraction of sp³-hybridized carbons (Fsp3) is 1.00. The van der Waals surface area contributed by atoms with Gasteiger partial charge in [-0.3, -0.25) is 4.55 Å². The highest BCUT2D eigenvalue weighted by Crippen LogP contribution is 2.17. The molecule has 0 fully saturated rings. The van der Waals surface area contributed by atoms with Crippen LogP contribution in [-0.4, -0.2) is 69.3 Å². The molecule has 0 radical (unpaired) electrons.